The van der Waals surface area contributed by atoms with E-state index in [9.17, 15) is 17.6 Å². The standard InChI is InChI=1S/C25H30FN5O3S/c1-17(32)28-22-15-25(2,9-10-27-22)23-21-16-30(20-7-13-35(33,34)14-8-20)11-12-31(21)29-24(23)18-3-5-19(26)6-4-18/h3-6,9-10,20H,7-8,11-16H2,1-2H3,(H,27,28,32). The molecule has 35 heavy (non-hydrogen) atoms. The van der Waals surface area contributed by atoms with Crippen LogP contribution in [0.2, 0.25) is 0 Å². The van der Waals surface area contributed by atoms with E-state index in [1.165, 1.54) is 19.1 Å². The van der Waals surface area contributed by atoms with Gasteiger partial charge in [0.2, 0.25) is 5.91 Å². The van der Waals surface area contributed by atoms with E-state index in [-0.39, 0.29) is 29.3 Å². The van der Waals surface area contributed by atoms with E-state index >= 15 is 0 Å². The second-order valence-electron chi connectivity index (χ2n) is 9.92. The molecular formula is C25H30FN5O3S. The van der Waals surface area contributed by atoms with Crippen molar-refractivity contribution in [3.8, 4) is 11.3 Å². The Hall–Kier alpha value is -2.85. The molecule has 0 bridgehead atoms. The lowest BCUT2D eigenvalue weighted by atomic mass is 9.75. The third-order valence-electron chi connectivity index (χ3n) is 7.27. The minimum absolute atomic E-state index is 0.171. The molecular weight excluding hydrogens is 469 g/mol. The molecule has 1 unspecified atom stereocenters. The molecule has 10 heteroatoms. The molecule has 0 radical (unpaired) electrons. The van der Waals surface area contributed by atoms with Crippen molar-refractivity contribution in [2.24, 2.45) is 4.99 Å². The van der Waals surface area contributed by atoms with E-state index in [0.717, 1.165) is 29.1 Å². The molecule has 0 spiro atoms. The van der Waals surface area contributed by atoms with Gasteiger partial charge in [-0.05, 0) is 37.1 Å². The molecule has 5 rings (SSSR count). The van der Waals surface area contributed by atoms with Crippen molar-refractivity contribution in [2.45, 2.75) is 57.7 Å². The summed E-state index contributed by atoms with van der Waals surface area (Å²) in [6, 6.07) is 6.59. The summed E-state index contributed by atoms with van der Waals surface area (Å²) in [6.45, 7) is 5.72. The Labute approximate surface area is 204 Å². The van der Waals surface area contributed by atoms with Crippen molar-refractivity contribution < 1.29 is 17.6 Å². The summed E-state index contributed by atoms with van der Waals surface area (Å²) in [5, 5.41) is 7.80. The van der Waals surface area contributed by atoms with Gasteiger partial charge in [0.05, 0.1) is 29.4 Å². The summed E-state index contributed by atoms with van der Waals surface area (Å²) in [7, 11) is -2.93. The van der Waals surface area contributed by atoms with Gasteiger partial charge in [0.1, 0.15) is 21.5 Å². The number of halogens is 1. The number of aliphatic imine (C=N–C) groups is 1. The number of nitrogens with zero attached hydrogens (tertiary/aromatic N) is 4. The summed E-state index contributed by atoms with van der Waals surface area (Å²) in [5.74, 6) is 0.589. The lowest BCUT2D eigenvalue weighted by Crippen LogP contribution is -2.45. The Morgan fingerprint density at radius 2 is 1.89 bits per heavy atom. The largest absolute Gasteiger partial charge is 0.314 e. The predicted molar refractivity (Wildman–Crippen MR) is 132 cm³/mol. The number of rotatable bonds is 3. The van der Waals surface area contributed by atoms with Crippen LogP contribution in [0.4, 0.5) is 4.39 Å². The van der Waals surface area contributed by atoms with Crippen molar-refractivity contribution >= 4 is 21.6 Å². The molecule has 1 atom stereocenters. The van der Waals surface area contributed by atoms with Crippen molar-refractivity contribution in [1.82, 2.24) is 20.0 Å². The van der Waals surface area contributed by atoms with Gasteiger partial charge in [-0.1, -0.05) is 13.0 Å². The normalized spacial score (nSPS) is 24.6. The van der Waals surface area contributed by atoms with E-state index in [1.54, 1.807) is 18.3 Å². The van der Waals surface area contributed by atoms with Gasteiger partial charge in [0, 0.05) is 55.2 Å². The number of fused-ring (bicyclic) bond motifs is 1. The highest BCUT2D eigenvalue weighted by Gasteiger charge is 2.39. The first kappa shape index (κ1) is 23.9. The number of benzene rings is 1. The number of amidine groups is 1. The maximum absolute atomic E-state index is 13.7. The highest BCUT2D eigenvalue weighted by Crippen LogP contribution is 2.42. The Morgan fingerprint density at radius 1 is 1.17 bits per heavy atom. The molecule has 0 aliphatic carbocycles. The second kappa shape index (κ2) is 8.98. The summed E-state index contributed by atoms with van der Waals surface area (Å²) in [6.07, 6.45) is 5.55. The third-order valence-corrected chi connectivity index (χ3v) is 8.98. The summed E-state index contributed by atoms with van der Waals surface area (Å²) in [5.41, 5.74) is 3.24. The van der Waals surface area contributed by atoms with E-state index in [1.807, 2.05) is 10.8 Å². The highest BCUT2D eigenvalue weighted by molar-refractivity contribution is 7.91. The number of hydrogen-bond acceptors (Lipinski definition) is 6. The van der Waals surface area contributed by atoms with Crippen LogP contribution in [-0.4, -0.2) is 58.9 Å². The van der Waals surface area contributed by atoms with Gasteiger partial charge in [-0.25, -0.2) is 17.8 Å². The molecule has 0 saturated carbocycles. The van der Waals surface area contributed by atoms with E-state index in [2.05, 4.69) is 22.1 Å². The van der Waals surface area contributed by atoms with Crippen molar-refractivity contribution in [3.05, 3.63) is 53.6 Å². The van der Waals surface area contributed by atoms with Crippen molar-refractivity contribution in [2.75, 3.05) is 18.1 Å². The first-order valence-electron chi connectivity index (χ1n) is 12.0. The summed E-state index contributed by atoms with van der Waals surface area (Å²) in [4.78, 5) is 18.4. The number of aromatic nitrogens is 2. The highest BCUT2D eigenvalue weighted by atomic mass is 32.2. The number of carbonyl (C=O) groups is 1. The zero-order valence-electron chi connectivity index (χ0n) is 20.0. The first-order valence-corrected chi connectivity index (χ1v) is 13.8. The van der Waals surface area contributed by atoms with E-state index < -0.39 is 15.3 Å². The first-order chi connectivity index (χ1) is 16.6. The fraction of sp³-hybridized carbons (Fsp3) is 0.480. The molecule has 2 aromatic rings. The number of sulfone groups is 1. The van der Waals surface area contributed by atoms with E-state index in [0.29, 0.717) is 38.2 Å². The maximum atomic E-state index is 13.7. The van der Waals surface area contributed by atoms with Crippen LogP contribution in [0.1, 0.15) is 44.4 Å². The minimum atomic E-state index is -2.93. The molecule has 4 heterocycles. The molecule has 1 aromatic heterocycles. The van der Waals surface area contributed by atoms with Gasteiger partial charge in [-0.2, -0.15) is 5.10 Å². The topological polar surface area (TPSA) is 96.7 Å². The maximum Gasteiger partial charge on any atom is 0.222 e. The molecule has 1 fully saturated rings. The smallest absolute Gasteiger partial charge is 0.222 e. The van der Waals surface area contributed by atoms with Gasteiger partial charge >= 0.3 is 0 Å². The Morgan fingerprint density at radius 3 is 2.57 bits per heavy atom. The lowest BCUT2D eigenvalue weighted by molar-refractivity contribution is -0.117. The van der Waals surface area contributed by atoms with Crippen LogP contribution in [0.15, 0.2) is 41.5 Å². The fourth-order valence-electron chi connectivity index (χ4n) is 5.50. The van der Waals surface area contributed by atoms with Crippen LogP contribution in [0.5, 0.6) is 0 Å². The van der Waals surface area contributed by atoms with Crippen LogP contribution in [0.25, 0.3) is 11.3 Å². The second-order valence-corrected chi connectivity index (χ2v) is 12.2. The van der Waals surface area contributed by atoms with Crippen molar-refractivity contribution in [3.63, 3.8) is 0 Å². The summed E-state index contributed by atoms with van der Waals surface area (Å²) < 4.78 is 39.7. The number of amides is 1. The zero-order valence-corrected chi connectivity index (χ0v) is 20.8. The van der Waals surface area contributed by atoms with Gasteiger partial charge in [0.25, 0.3) is 0 Å². The monoisotopic (exact) mass is 499 g/mol. The van der Waals surface area contributed by atoms with Gasteiger partial charge < -0.3 is 5.32 Å². The average Bonchev–Trinajstić information content (AvgIpc) is 3.19. The fourth-order valence-corrected chi connectivity index (χ4v) is 6.96. The molecule has 3 aliphatic rings. The predicted octanol–water partition coefficient (Wildman–Crippen LogP) is 2.79. The molecule has 1 aromatic carbocycles. The Bertz CT molecular complexity index is 1300. The molecule has 1 saturated heterocycles. The molecule has 186 valence electrons. The average molecular weight is 500 g/mol. The van der Waals surface area contributed by atoms with Gasteiger partial charge in [-0.3, -0.25) is 14.4 Å². The van der Waals surface area contributed by atoms with Gasteiger partial charge in [-0.15, -0.1) is 0 Å². The lowest BCUT2D eigenvalue weighted by Gasteiger charge is -2.38. The molecule has 1 N–H and O–H groups in total. The van der Waals surface area contributed by atoms with E-state index in [4.69, 9.17) is 5.10 Å². The van der Waals surface area contributed by atoms with Gasteiger partial charge in [0.15, 0.2) is 0 Å². The van der Waals surface area contributed by atoms with Crippen molar-refractivity contribution in [1.29, 1.82) is 0 Å². The molecule has 8 nitrogen and oxygen atoms in total. The van der Waals surface area contributed by atoms with Crippen LogP contribution in [-0.2, 0) is 33.1 Å². The number of allylic oxidation sites excluding steroid dienone is 1. The number of hydrogen-bond donors (Lipinski definition) is 1. The molecule has 1 amide bonds. The van der Waals surface area contributed by atoms with Crippen LogP contribution in [0, 0.1) is 5.82 Å². The number of nitrogens with one attached hydrogen (secondary N) is 1. The third kappa shape index (κ3) is 4.81. The Kier molecular flexibility index (Phi) is 6.13. The SMILES string of the molecule is CC(=O)NC1=NC=CC(C)(c2c(-c3ccc(F)cc3)nn3c2CN(C2CCS(=O)(=O)CC2)CC3)C1. The minimum Gasteiger partial charge on any atom is -0.314 e. The van der Waals surface area contributed by atoms with Crippen LogP contribution >= 0.6 is 0 Å². The quantitative estimate of drug-likeness (QED) is 0.701. The molecule has 3 aliphatic heterocycles. The van der Waals surface area contributed by atoms with Crippen LogP contribution < -0.4 is 5.32 Å². The summed E-state index contributed by atoms with van der Waals surface area (Å²) >= 11 is 0. The number of carbonyl (C=O) groups excluding carboxylic acids is 1. The zero-order chi connectivity index (χ0) is 24.8. The van der Waals surface area contributed by atoms with Crippen LogP contribution in [0.3, 0.4) is 0 Å². The Balaban J connectivity index is 1.54.